The molecule has 2 aromatic heterocycles. The third kappa shape index (κ3) is 2.24. The molecule has 1 fully saturated rings. The molecule has 0 aromatic carbocycles. The molecule has 0 aliphatic carbocycles. The summed E-state index contributed by atoms with van der Waals surface area (Å²) in [6.07, 6.45) is 0.850. The molecule has 4 nitrogen and oxygen atoms in total. The van der Waals surface area contributed by atoms with Gasteiger partial charge in [-0.1, -0.05) is 0 Å². The fourth-order valence-electron chi connectivity index (χ4n) is 2.31. The van der Waals surface area contributed by atoms with E-state index in [1.54, 1.807) is 11.3 Å². The van der Waals surface area contributed by atoms with Gasteiger partial charge < -0.3 is 9.64 Å². The molecule has 0 saturated carbocycles. The van der Waals surface area contributed by atoms with Crippen LogP contribution in [0.2, 0.25) is 0 Å². The molecule has 1 saturated heterocycles. The van der Waals surface area contributed by atoms with Crippen molar-refractivity contribution in [3.8, 4) is 17.2 Å². The monoisotopic (exact) mass is 304 g/mol. The predicted molar refractivity (Wildman–Crippen MR) is 80.8 cm³/mol. The Balaban J connectivity index is 2.12. The molecule has 0 atom stereocenters. The molecular weight excluding hydrogens is 292 g/mol. The number of morpholine rings is 1. The highest BCUT2D eigenvalue weighted by Crippen LogP contribution is 2.41. The lowest BCUT2D eigenvalue weighted by Gasteiger charge is -2.27. The largest absolute Gasteiger partial charge is 0.378 e. The summed E-state index contributed by atoms with van der Waals surface area (Å²) in [5, 5.41) is 14.3. The minimum atomic E-state index is 0.609. The summed E-state index contributed by atoms with van der Waals surface area (Å²) in [5.74, 6) is 0. The molecule has 0 amide bonds. The van der Waals surface area contributed by atoms with E-state index >= 15 is 0 Å². The summed E-state index contributed by atoms with van der Waals surface area (Å²) < 4.78 is 5.34. The summed E-state index contributed by atoms with van der Waals surface area (Å²) >= 11 is 2.96. The number of hydrogen-bond donors (Lipinski definition) is 0. The van der Waals surface area contributed by atoms with E-state index in [0.717, 1.165) is 35.5 Å². The van der Waals surface area contributed by atoms with E-state index in [-0.39, 0.29) is 0 Å². The van der Waals surface area contributed by atoms with E-state index in [4.69, 9.17) is 4.74 Å². The lowest BCUT2D eigenvalue weighted by Crippen LogP contribution is -2.36. The van der Waals surface area contributed by atoms with E-state index in [9.17, 15) is 10.1 Å². The van der Waals surface area contributed by atoms with Crippen LogP contribution in [0.25, 0.3) is 11.1 Å². The molecule has 2 aromatic rings. The van der Waals surface area contributed by atoms with Gasteiger partial charge in [-0.3, -0.25) is 4.79 Å². The molecule has 20 heavy (non-hydrogen) atoms. The van der Waals surface area contributed by atoms with Crippen LogP contribution in [-0.2, 0) is 4.74 Å². The molecule has 0 bridgehead atoms. The molecule has 102 valence electrons. The summed E-state index contributed by atoms with van der Waals surface area (Å²) in [4.78, 5) is 14.1. The second kappa shape index (κ2) is 5.75. The van der Waals surface area contributed by atoms with E-state index in [0.29, 0.717) is 23.7 Å². The SMILES string of the molecule is N#Cc1c(N2CCOCC2)sc(C=O)c1-c1ccsc1. The second-order valence-corrected chi connectivity index (χ2v) is 6.17. The Kier molecular flexibility index (Phi) is 3.83. The van der Waals surface area contributed by atoms with Crippen LogP contribution in [0.4, 0.5) is 5.00 Å². The van der Waals surface area contributed by atoms with Gasteiger partial charge in [0.25, 0.3) is 0 Å². The van der Waals surface area contributed by atoms with Crippen LogP contribution in [0.1, 0.15) is 15.2 Å². The predicted octanol–water partition coefficient (Wildman–Crippen LogP) is 3.00. The molecule has 6 heteroatoms. The van der Waals surface area contributed by atoms with Gasteiger partial charge in [-0.2, -0.15) is 16.6 Å². The maximum Gasteiger partial charge on any atom is 0.160 e. The van der Waals surface area contributed by atoms with Crippen molar-refractivity contribution in [1.82, 2.24) is 0 Å². The minimum absolute atomic E-state index is 0.609. The summed E-state index contributed by atoms with van der Waals surface area (Å²) in [5.41, 5.74) is 2.33. The summed E-state index contributed by atoms with van der Waals surface area (Å²) in [6, 6.07) is 4.23. The van der Waals surface area contributed by atoms with E-state index in [1.807, 2.05) is 16.8 Å². The van der Waals surface area contributed by atoms with E-state index in [1.165, 1.54) is 11.3 Å². The molecule has 3 heterocycles. The lowest BCUT2D eigenvalue weighted by atomic mass is 10.1. The summed E-state index contributed by atoms with van der Waals surface area (Å²) in [7, 11) is 0. The highest BCUT2D eigenvalue weighted by molar-refractivity contribution is 7.18. The first-order valence-electron chi connectivity index (χ1n) is 6.22. The Morgan fingerprint density at radius 1 is 1.40 bits per heavy atom. The van der Waals surface area contributed by atoms with Gasteiger partial charge in [0.1, 0.15) is 11.1 Å². The number of ether oxygens (including phenoxy) is 1. The van der Waals surface area contributed by atoms with Crippen LogP contribution < -0.4 is 4.90 Å². The zero-order valence-corrected chi connectivity index (χ0v) is 12.3. The van der Waals surface area contributed by atoms with E-state index < -0.39 is 0 Å². The highest BCUT2D eigenvalue weighted by Gasteiger charge is 2.24. The number of carbonyl (C=O) groups is 1. The van der Waals surface area contributed by atoms with Crippen molar-refractivity contribution in [3.63, 3.8) is 0 Å². The first kappa shape index (κ1) is 13.3. The minimum Gasteiger partial charge on any atom is -0.378 e. The van der Waals surface area contributed by atoms with Crippen LogP contribution in [0, 0.1) is 11.3 Å². The Bertz CT molecular complexity index is 650. The van der Waals surface area contributed by atoms with Crippen molar-refractivity contribution in [2.24, 2.45) is 0 Å². The quantitative estimate of drug-likeness (QED) is 0.818. The third-order valence-electron chi connectivity index (χ3n) is 3.24. The Morgan fingerprint density at radius 3 is 2.80 bits per heavy atom. The molecular formula is C14H12N2O2S2. The lowest BCUT2D eigenvalue weighted by molar-refractivity contribution is 0.112. The number of nitrogens with zero attached hydrogens (tertiary/aromatic N) is 2. The van der Waals surface area contributed by atoms with Crippen molar-refractivity contribution in [2.45, 2.75) is 0 Å². The molecule has 0 unspecified atom stereocenters. The Hall–Kier alpha value is -1.68. The van der Waals surface area contributed by atoms with Crippen LogP contribution in [0.5, 0.6) is 0 Å². The normalized spacial score (nSPS) is 15.1. The Morgan fingerprint density at radius 2 is 2.20 bits per heavy atom. The standard InChI is InChI=1S/C14H12N2O2S2/c15-7-11-13(10-1-6-19-9-10)12(8-17)20-14(11)16-2-4-18-5-3-16/h1,6,8-9H,2-5H2. The van der Waals surface area contributed by atoms with Gasteiger partial charge >= 0.3 is 0 Å². The number of anilines is 1. The zero-order valence-electron chi connectivity index (χ0n) is 10.7. The van der Waals surface area contributed by atoms with Gasteiger partial charge in [0.2, 0.25) is 0 Å². The first-order chi connectivity index (χ1) is 9.85. The highest BCUT2D eigenvalue weighted by atomic mass is 32.1. The Labute approximate surface area is 124 Å². The molecule has 3 rings (SSSR count). The van der Waals surface area contributed by atoms with Gasteiger partial charge in [-0.05, 0) is 22.4 Å². The van der Waals surface area contributed by atoms with Crippen LogP contribution in [-0.4, -0.2) is 32.6 Å². The zero-order chi connectivity index (χ0) is 13.9. The third-order valence-corrected chi connectivity index (χ3v) is 5.10. The average molecular weight is 304 g/mol. The molecule has 1 aliphatic rings. The van der Waals surface area contributed by atoms with Crippen LogP contribution >= 0.6 is 22.7 Å². The maximum atomic E-state index is 11.3. The number of rotatable bonds is 3. The smallest absolute Gasteiger partial charge is 0.160 e. The topological polar surface area (TPSA) is 53.3 Å². The van der Waals surface area contributed by atoms with Gasteiger partial charge in [-0.15, -0.1) is 11.3 Å². The van der Waals surface area contributed by atoms with E-state index in [2.05, 4.69) is 11.0 Å². The van der Waals surface area contributed by atoms with Crippen molar-refractivity contribution in [1.29, 1.82) is 5.26 Å². The fourth-order valence-corrected chi connectivity index (χ4v) is 4.09. The van der Waals surface area contributed by atoms with Crippen LogP contribution in [0.15, 0.2) is 16.8 Å². The molecule has 0 radical (unpaired) electrons. The number of nitriles is 1. The summed E-state index contributed by atoms with van der Waals surface area (Å²) in [6.45, 7) is 2.84. The van der Waals surface area contributed by atoms with Crippen molar-refractivity contribution in [3.05, 3.63) is 27.3 Å². The van der Waals surface area contributed by atoms with Gasteiger partial charge in [0.05, 0.1) is 23.7 Å². The number of hydrogen-bond acceptors (Lipinski definition) is 6. The maximum absolute atomic E-state index is 11.3. The molecule has 0 spiro atoms. The van der Waals surface area contributed by atoms with Gasteiger partial charge in [0, 0.05) is 18.7 Å². The van der Waals surface area contributed by atoms with Gasteiger partial charge in [0.15, 0.2) is 6.29 Å². The first-order valence-corrected chi connectivity index (χ1v) is 7.98. The number of aldehydes is 1. The fraction of sp³-hybridized carbons (Fsp3) is 0.286. The molecule has 0 N–H and O–H groups in total. The van der Waals surface area contributed by atoms with Crippen molar-refractivity contribution in [2.75, 3.05) is 31.2 Å². The molecule has 1 aliphatic heterocycles. The number of carbonyl (C=O) groups excluding carboxylic acids is 1. The van der Waals surface area contributed by atoms with Crippen molar-refractivity contribution >= 4 is 34.0 Å². The van der Waals surface area contributed by atoms with Crippen LogP contribution in [0.3, 0.4) is 0 Å². The second-order valence-electron chi connectivity index (χ2n) is 4.36. The van der Waals surface area contributed by atoms with Gasteiger partial charge in [-0.25, -0.2) is 0 Å². The number of thiophene rings is 2. The van der Waals surface area contributed by atoms with Crippen molar-refractivity contribution < 1.29 is 9.53 Å². The average Bonchev–Trinajstić information content (AvgIpc) is 3.14.